The second kappa shape index (κ2) is 3.84. The minimum atomic E-state index is -0.878. The summed E-state index contributed by atoms with van der Waals surface area (Å²) in [4.78, 5) is 10.5. The third kappa shape index (κ3) is 2.44. The van der Waals surface area contributed by atoms with Crippen LogP contribution in [-0.4, -0.2) is 41.3 Å². The number of aliphatic hydroxyl groups excluding tert-OH is 2. The summed E-state index contributed by atoms with van der Waals surface area (Å²) in [5, 5.41) is 18.2. The van der Waals surface area contributed by atoms with Gasteiger partial charge in [-0.2, -0.15) is 0 Å². The van der Waals surface area contributed by atoms with E-state index in [1.807, 2.05) is 0 Å². The third-order valence-corrected chi connectivity index (χ3v) is 1.63. The summed E-state index contributed by atoms with van der Waals surface area (Å²) in [5.74, 6) is -0.455. The van der Waals surface area contributed by atoms with Gasteiger partial charge in [0.15, 0.2) is 0 Å². The van der Waals surface area contributed by atoms with E-state index in [-0.39, 0.29) is 13.0 Å². The second-order valence-electron chi connectivity index (χ2n) is 2.74. The fourth-order valence-electron chi connectivity index (χ4n) is 1.01. The van der Waals surface area contributed by atoms with E-state index in [0.717, 1.165) is 0 Å². The molecule has 12 heavy (non-hydrogen) atoms. The van der Waals surface area contributed by atoms with Crippen LogP contribution < -0.4 is 0 Å². The van der Waals surface area contributed by atoms with Crippen LogP contribution in [-0.2, 0) is 14.3 Å². The van der Waals surface area contributed by atoms with E-state index in [4.69, 9.17) is 14.9 Å². The summed E-state index contributed by atoms with van der Waals surface area (Å²) in [6, 6.07) is 0. The molecule has 1 aliphatic rings. The van der Waals surface area contributed by atoms with Crippen molar-refractivity contribution < 1.29 is 24.5 Å². The molecule has 0 bridgehead atoms. The van der Waals surface area contributed by atoms with Crippen LogP contribution in [0.15, 0.2) is 0 Å². The molecule has 0 aromatic rings. The number of ether oxygens (including phenoxy) is 2. The number of carbonyl (C=O) groups excluding carboxylic acids is 1. The predicted octanol–water partition coefficient (Wildman–Crippen LogP) is -0.982. The largest absolute Gasteiger partial charge is 0.436 e. The third-order valence-electron chi connectivity index (χ3n) is 1.63. The van der Waals surface area contributed by atoms with Gasteiger partial charge in [0.25, 0.3) is 0 Å². The van der Waals surface area contributed by atoms with Gasteiger partial charge in [-0.15, -0.1) is 0 Å². The topological polar surface area (TPSA) is 76.0 Å². The molecule has 0 aliphatic carbocycles. The number of carbonyl (C=O) groups is 1. The molecule has 0 radical (unpaired) electrons. The summed E-state index contributed by atoms with van der Waals surface area (Å²) in [6.45, 7) is 1.26. The summed E-state index contributed by atoms with van der Waals surface area (Å²) in [7, 11) is 0. The Morgan fingerprint density at radius 3 is 2.67 bits per heavy atom. The molecule has 0 saturated carbocycles. The second-order valence-corrected chi connectivity index (χ2v) is 2.74. The molecule has 70 valence electrons. The lowest BCUT2D eigenvalue weighted by atomic mass is 10.1. The molecule has 5 heteroatoms. The van der Waals surface area contributed by atoms with Gasteiger partial charge in [-0.3, -0.25) is 4.79 Å². The van der Waals surface area contributed by atoms with Crippen molar-refractivity contribution in [2.24, 2.45) is 0 Å². The maximum atomic E-state index is 10.5. The van der Waals surface area contributed by atoms with Gasteiger partial charge in [-0.25, -0.2) is 0 Å². The van der Waals surface area contributed by atoms with Crippen molar-refractivity contribution >= 4 is 5.97 Å². The summed E-state index contributed by atoms with van der Waals surface area (Å²) in [6.07, 6.45) is -2.35. The van der Waals surface area contributed by atoms with Gasteiger partial charge in [0.05, 0.1) is 12.7 Å². The maximum Gasteiger partial charge on any atom is 0.304 e. The summed E-state index contributed by atoms with van der Waals surface area (Å²) < 4.78 is 9.60. The van der Waals surface area contributed by atoms with Crippen LogP contribution in [0, 0.1) is 0 Å². The van der Waals surface area contributed by atoms with Crippen LogP contribution in [0.1, 0.15) is 13.3 Å². The van der Waals surface area contributed by atoms with Crippen molar-refractivity contribution in [2.75, 3.05) is 6.61 Å². The summed E-state index contributed by atoms with van der Waals surface area (Å²) in [5.41, 5.74) is 0. The van der Waals surface area contributed by atoms with Gasteiger partial charge >= 0.3 is 5.97 Å². The van der Waals surface area contributed by atoms with Crippen LogP contribution in [0.3, 0.4) is 0 Å². The van der Waals surface area contributed by atoms with Crippen molar-refractivity contribution in [3.05, 3.63) is 0 Å². The Morgan fingerprint density at radius 2 is 2.17 bits per heavy atom. The molecule has 1 saturated heterocycles. The quantitative estimate of drug-likeness (QED) is 0.502. The first-order valence-corrected chi connectivity index (χ1v) is 3.74. The molecule has 2 N–H and O–H groups in total. The average Bonchev–Trinajstić information content (AvgIpc) is 1.96. The Balaban J connectivity index is 2.35. The van der Waals surface area contributed by atoms with Gasteiger partial charge in [0, 0.05) is 13.3 Å². The molecule has 0 spiro atoms. The van der Waals surface area contributed by atoms with Gasteiger partial charge < -0.3 is 19.7 Å². The monoisotopic (exact) mass is 176 g/mol. The molecular weight excluding hydrogens is 164 g/mol. The zero-order valence-electron chi connectivity index (χ0n) is 6.77. The Morgan fingerprint density at radius 1 is 1.50 bits per heavy atom. The highest BCUT2D eigenvalue weighted by Crippen LogP contribution is 2.15. The zero-order valence-corrected chi connectivity index (χ0v) is 6.77. The molecule has 1 rings (SSSR count). The molecule has 1 fully saturated rings. The molecule has 0 aromatic carbocycles. The number of esters is 1. The molecule has 3 atom stereocenters. The molecule has 5 nitrogen and oxygen atoms in total. The van der Waals surface area contributed by atoms with E-state index >= 15 is 0 Å². The van der Waals surface area contributed by atoms with E-state index < -0.39 is 24.5 Å². The fraction of sp³-hybridized carbons (Fsp3) is 0.857. The Hall–Kier alpha value is -0.650. The van der Waals surface area contributed by atoms with Crippen molar-refractivity contribution in [1.29, 1.82) is 0 Å². The van der Waals surface area contributed by atoms with Crippen molar-refractivity contribution in [3.8, 4) is 0 Å². The molecule has 0 aromatic heterocycles. The molecule has 1 unspecified atom stereocenters. The standard InChI is InChI=1S/C7H12O5/c1-4(8)12-7-2-5(9)6(10)3-11-7/h5-7,9-10H,2-3H2,1H3/t5-,6+,7?/m0/s1. The lowest BCUT2D eigenvalue weighted by Gasteiger charge is -2.29. The van der Waals surface area contributed by atoms with Crippen molar-refractivity contribution in [2.45, 2.75) is 31.8 Å². The Kier molecular flexibility index (Phi) is 3.02. The highest BCUT2D eigenvalue weighted by molar-refractivity contribution is 5.66. The van der Waals surface area contributed by atoms with Crippen molar-refractivity contribution in [1.82, 2.24) is 0 Å². The number of aliphatic hydroxyl groups is 2. The Bertz CT molecular complexity index is 169. The molecule has 1 heterocycles. The SMILES string of the molecule is CC(=O)OC1C[C@H](O)[C@H](O)CO1. The maximum absolute atomic E-state index is 10.5. The van der Waals surface area contributed by atoms with Crippen LogP contribution in [0.5, 0.6) is 0 Å². The first-order valence-electron chi connectivity index (χ1n) is 3.74. The highest BCUT2D eigenvalue weighted by Gasteiger charge is 2.29. The molecule has 0 amide bonds. The smallest absolute Gasteiger partial charge is 0.304 e. The van der Waals surface area contributed by atoms with Gasteiger partial charge in [0.1, 0.15) is 6.10 Å². The average molecular weight is 176 g/mol. The molecule has 1 aliphatic heterocycles. The van der Waals surface area contributed by atoms with E-state index in [2.05, 4.69) is 4.74 Å². The number of hydrogen-bond acceptors (Lipinski definition) is 5. The highest BCUT2D eigenvalue weighted by atomic mass is 16.7. The lowest BCUT2D eigenvalue weighted by Crippen LogP contribution is -2.42. The molecular formula is C7H12O5. The van der Waals surface area contributed by atoms with E-state index in [1.165, 1.54) is 6.92 Å². The minimum absolute atomic E-state index is 0.000880. The van der Waals surface area contributed by atoms with E-state index in [0.29, 0.717) is 0 Å². The van der Waals surface area contributed by atoms with Crippen molar-refractivity contribution in [3.63, 3.8) is 0 Å². The van der Waals surface area contributed by atoms with Gasteiger partial charge in [-0.05, 0) is 0 Å². The zero-order chi connectivity index (χ0) is 9.14. The first-order chi connectivity index (χ1) is 5.59. The van der Waals surface area contributed by atoms with Crippen LogP contribution >= 0.6 is 0 Å². The normalized spacial score (nSPS) is 36.1. The summed E-state index contributed by atoms with van der Waals surface area (Å²) >= 11 is 0. The first kappa shape index (κ1) is 9.44. The predicted molar refractivity (Wildman–Crippen MR) is 38.1 cm³/mol. The van der Waals surface area contributed by atoms with Crippen LogP contribution in [0.4, 0.5) is 0 Å². The lowest BCUT2D eigenvalue weighted by molar-refractivity contribution is -0.216. The fourth-order valence-corrected chi connectivity index (χ4v) is 1.01. The number of rotatable bonds is 1. The van der Waals surface area contributed by atoms with E-state index in [1.54, 1.807) is 0 Å². The van der Waals surface area contributed by atoms with Crippen LogP contribution in [0.2, 0.25) is 0 Å². The number of hydrogen-bond donors (Lipinski definition) is 2. The van der Waals surface area contributed by atoms with Gasteiger partial charge in [0.2, 0.25) is 6.29 Å². The Labute approximate surface area is 69.9 Å². The van der Waals surface area contributed by atoms with E-state index in [9.17, 15) is 4.79 Å². The van der Waals surface area contributed by atoms with Crippen LogP contribution in [0.25, 0.3) is 0 Å². The van der Waals surface area contributed by atoms with Gasteiger partial charge in [-0.1, -0.05) is 0 Å². The minimum Gasteiger partial charge on any atom is -0.436 e.